The van der Waals surface area contributed by atoms with Crippen molar-refractivity contribution >= 4 is 5.97 Å². The van der Waals surface area contributed by atoms with Gasteiger partial charge < -0.3 is 9.26 Å². The first-order valence-electron chi connectivity index (χ1n) is 6.51. The fourth-order valence-corrected chi connectivity index (χ4v) is 1.83. The van der Waals surface area contributed by atoms with E-state index in [0.717, 1.165) is 12.1 Å². The van der Waals surface area contributed by atoms with E-state index in [1.807, 2.05) is 13.8 Å². The quantitative estimate of drug-likeness (QED) is 0.728. The normalized spacial score (nSPS) is 10.8. The first-order chi connectivity index (χ1) is 9.69. The van der Waals surface area contributed by atoms with Crippen molar-refractivity contribution in [2.45, 2.75) is 39.7 Å². The lowest BCUT2D eigenvalue weighted by molar-refractivity contribution is 0.0592. The van der Waals surface area contributed by atoms with Crippen molar-refractivity contribution in [2.75, 3.05) is 7.11 Å². The van der Waals surface area contributed by atoms with Gasteiger partial charge in [-0.25, -0.2) is 9.48 Å². The van der Waals surface area contributed by atoms with Crippen molar-refractivity contribution < 1.29 is 14.1 Å². The fourth-order valence-electron chi connectivity index (χ4n) is 1.83. The highest BCUT2D eigenvalue weighted by Crippen LogP contribution is 2.11. The Balaban J connectivity index is 2.26. The van der Waals surface area contributed by atoms with Crippen molar-refractivity contribution in [3.05, 3.63) is 23.1 Å². The largest absolute Gasteiger partial charge is 0.464 e. The molecule has 0 bridgehead atoms. The molecule has 0 saturated carbocycles. The number of aromatic nitrogens is 5. The van der Waals surface area contributed by atoms with Gasteiger partial charge in [-0.2, -0.15) is 4.98 Å². The third-order valence-corrected chi connectivity index (χ3v) is 2.81. The van der Waals surface area contributed by atoms with Crippen molar-refractivity contribution in [3.63, 3.8) is 0 Å². The van der Waals surface area contributed by atoms with Crippen LogP contribution in [0.1, 0.15) is 48.2 Å². The number of carbonyl (C=O) groups excluding carboxylic acids is 1. The van der Waals surface area contributed by atoms with E-state index in [1.165, 1.54) is 7.11 Å². The average molecular weight is 279 g/mol. The van der Waals surface area contributed by atoms with Crippen molar-refractivity contribution in [1.82, 2.24) is 25.1 Å². The maximum absolute atomic E-state index is 11.6. The van der Waals surface area contributed by atoms with Crippen LogP contribution in [-0.4, -0.2) is 38.2 Å². The Morgan fingerprint density at radius 2 is 2.20 bits per heavy atom. The van der Waals surface area contributed by atoms with Crippen LogP contribution in [0.2, 0.25) is 0 Å². The number of ether oxygens (including phenoxy) is 1. The number of hydrogen-bond acceptors (Lipinski definition) is 7. The van der Waals surface area contributed by atoms with Gasteiger partial charge in [0.15, 0.2) is 11.5 Å². The third kappa shape index (κ3) is 2.84. The molecule has 0 radical (unpaired) electrons. The second-order valence-corrected chi connectivity index (χ2v) is 4.24. The first-order valence-corrected chi connectivity index (χ1v) is 6.51. The van der Waals surface area contributed by atoms with Crippen LogP contribution >= 0.6 is 0 Å². The van der Waals surface area contributed by atoms with Crippen LogP contribution in [0.15, 0.2) is 4.52 Å². The molecule has 0 aliphatic rings. The molecule has 2 heterocycles. The zero-order chi connectivity index (χ0) is 14.5. The molecule has 0 saturated heterocycles. The minimum absolute atomic E-state index is 0.244. The Kier molecular flexibility index (Phi) is 4.44. The lowest BCUT2D eigenvalue weighted by Gasteiger charge is -2.03. The molecule has 0 fully saturated rings. The molecular formula is C12H17N5O3. The average Bonchev–Trinajstić information content (AvgIpc) is 3.07. The number of rotatable bonds is 6. The molecule has 0 atom stereocenters. The van der Waals surface area contributed by atoms with Crippen LogP contribution in [0, 0.1) is 0 Å². The summed E-state index contributed by atoms with van der Waals surface area (Å²) in [7, 11) is 1.32. The molecule has 2 aromatic heterocycles. The smallest absolute Gasteiger partial charge is 0.360 e. The Hall–Kier alpha value is -2.25. The number of methoxy groups -OCH3 is 1. The van der Waals surface area contributed by atoms with Crippen LogP contribution < -0.4 is 0 Å². The van der Waals surface area contributed by atoms with E-state index in [-0.39, 0.29) is 5.69 Å². The molecule has 2 aromatic rings. The number of aryl methyl sites for hydroxylation is 1. The summed E-state index contributed by atoms with van der Waals surface area (Å²) in [4.78, 5) is 15.9. The molecule has 0 N–H and O–H groups in total. The van der Waals surface area contributed by atoms with E-state index in [9.17, 15) is 4.79 Å². The zero-order valence-corrected chi connectivity index (χ0v) is 11.8. The summed E-state index contributed by atoms with van der Waals surface area (Å²) >= 11 is 0. The van der Waals surface area contributed by atoms with Crippen LogP contribution in [0.5, 0.6) is 0 Å². The van der Waals surface area contributed by atoms with Crippen LogP contribution in [0.25, 0.3) is 0 Å². The predicted molar refractivity (Wildman–Crippen MR) is 68.1 cm³/mol. The molecule has 20 heavy (non-hydrogen) atoms. The second-order valence-electron chi connectivity index (χ2n) is 4.24. The van der Waals surface area contributed by atoms with Gasteiger partial charge in [0.25, 0.3) is 0 Å². The monoisotopic (exact) mass is 279 g/mol. The topological polar surface area (TPSA) is 95.9 Å². The summed E-state index contributed by atoms with van der Waals surface area (Å²) in [5.74, 6) is 0.605. The molecule has 0 aliphatic carbocycles. The number of nitrogens with zero attached hydrogens (tertiary/aromatic N) is 5. The molecule has 0 aliphatic heterocycles. The lowest BCUT2D eigenvalue weighted by atomic mass is 10.2. The standard InChI is InChI=1S/C12H17N5O3/c1-4-6-8-11(12(18)19-3)14-16-17(8)7-9-13-10(5-2)20-15-9/h4-7H2,1-3H3. The molecule has 0 spiro atoms. The van der Waals surface area contributed by atoms with E-state index >= 15 is 0 Å². The predicted octanol–water partition coefficient (Wildman–Crippen LogP) is 1.01. The Bertz CT molecular complexity index is 590. The maximum atomic E-state index is 11.6. The summed E-state index contributed by atoms with van der Waals surface area (Å²) < 4.78 is 11.4. The van der Waals surface area contributed by atoms with Gasteiger partial charge in [-0.15, -0.1) is 5.10 Å². The molecule has 0 aromatic carbocycles. The SMILES string of the molecule is CCCc1c(C(=O)OC)nnn1Cc1noc(CC)n1. The molecule has 0 amide bonds. The summed E-state index contributed by atoms with van der Waals surface area (Å²) in [5, 5.41) is 11.7. The highest BCUT2D eigenvalue weighted by atomic mass is 16.5. The number of carbonyl (C=O) groups is 1. The van der Waals surface area contributed by atoms with E-state index in [4.69, 9.17) is 9.26 Å². The van der Waals surface area contributed by atoms with Gasteiger partial charge in [-0.3, -0.25) is 0 Å². The lowest BCUT2D eigenvalue weighted by Crippen LogP contribution is -2.11. The van der Waals surface area contributed by atoms with Crippen LogP contribution in [0.4, 0.5) is 0 Å². The molecule has 2 rings (SSSR count). The molecule has 8 heteroatoms. The highest BCUT2D eigenvalue weighted by molar-refractivity contribution is 5.88. The van der Waals surface area contributed by atoms with Crippen molar-refractivity contribution in [2.24, 2.45) is 0 Å². The third-order valence-electron chi connectivity index (χ3n) is 2.81. The Morgan fingerprint density at radius 1 is 1.40 bits per heavy atom. The van der Waals surface area contributed by atoms with E-state index in [1.54, 1.807) is 4.68 Å². The van der Waals surface area contributed by atoms with Crippen LogP contribution in [0.3, 0.4) is 0 Å². The maximum Gasteiger partial charge on any atom is 0.360 e. The Morgan fingerprint density at radius 3 is 2.80 bits per heavy atom. The van der Waals surface area contributed by atoms with Gasteiger partial charge in [-0.05, 0) is 6.42 Å². The summed E-state index contributed by atoms with van der Waals surface area (Å²) in [6.45, 7) is 4.27. The number of hydrogen-bond donors (Lipinski definition) is 0. The zero-order valence-electron chi connectivity index (χ0n) is 11.8. The van der Waals surface area contributed by atoms with Crippen LogP contribution in [-0.2, 0) is 24.1 Å². The van der Waals surface area contributed by atoms with E-state index in [2.05, 4.69) is 20.5 Å². The summed E-state index contributed by atoms with van der Waals surface area (Å²) in [6, 6.07) is 0. The Labute approximate surface area is 116 Å². The van der Waals surface area contributed by atoms with Crippen molar-refractivity contribution in [1.29, 1.82) is 0 Å². The minimum atomic E-state index is -0.484. The minimum Gasteiger partial charge on any atom is -0.464 e. The van der Waals surface area contributed by atoms with Gasteiger partial charge in [0, 0.05) is 6.42 Å². The highest BCUT2D eigenvalue weighted by Gasteiger charge is 2.20. The van der Waals surface area contributed by atoms with Gasteiger partial charge in [0.2, 0.25) is 5.89 Å². The summed E-state index contributed by atoms with van der Waals surface area (Å²) in [6.07, 6.45) is 2.22. The molecule has 108 valence electrons. The van der Waals surface area contributed by atoms with E-state index in [0.29, 0.717) is 31.1 Å². The number of esters is 1. The first kappa shape index (κ1) is 14.2. The van der Waals surface area contributed by atoms with Crippen molar-refractivity contribution in [3.8, 4) is 0 Å². The molecule has 0 unspecified atom stereocenters. The fraction of sp³-hybridized carbons (Fsp3) is 0.583. The van der Waals surface area contributed by atoms with Gasteiger partial charge in [-0.1, -0.05) is 30.6 Å². The van der Waals surface area contributed by atoms with Gasteiger partial charge >= 0.3 is 5.97 Å². The molecular weight excluding hydrogens is 262 g/mol. The van der Waals surface area contributed by atoms with Gasteiger partial charge in [0.05, 0.1) is 12.8 Å². The molecule has 8 nitrogen and oxygen atoms in total. The summed E-state index contributed by atoms with van der Waals surface area (Å²) in [5.41, 5.74) is 0.968. The second kappa shape index (κ2) is 6.27. The van der Waals surface area contributed by atoms with E-state index < -0.39 is 5.97 Å². The van der Waals surface area contributed by atoms with Gasteiger partial charge in [0.1, 0.15) is 6.54 Å².